The fraction of sp³-hybridized carbons (Fsp3) is 0.875. The molecule has 0 fully saturated rings. The lowest BCUT2D eigenvalue weighted by Gasteiger charge is -2.19. The van der Waals surface area contributed by atoms with Gasteiger partial charge in [0, 0.05) is 20.1 Å². The second kappa shape index (κ2) is 5.97. The molecule has 0 spiro atoms. The summed E-state index contributed by atoms with van der Waals surface area (Å²) in [5.41, 5.74) is 0. The van der Waals surface area contributed by atoms with Crippen LogP contribution >= 0.6 is 0 Å². The maximum absolute atomic E-state index is 11.3. The fourth-order valence-electron chi connectivity index (χ4n) is 0.795. The Labute approximate surface area is 74.5 Å². The van der Waals surface area contributed by atoms with E-state index in [1.165, 1.54) is 0 Å². The summed E-state index contributed by atoms with van der Waals surface area (Å²) < 4.78 is 0. The molecule has 0 atom stereocenters. The Morgan fingerprint density at radius 3 is 2.33 bits per heavy atom. The van der Waals surface area contributed by atoms with Crippen LogP contribution in [0.3, 0.4) is 0 Å². The van der Waals surface area contributed by atoms with Crippen LogP contribution in [0.2, 0.25) is 0 Å². The average molecular weight is 173 g/mol. The standard InChI is InChI=1S/C8H19N3O/c1-9-5-6-11(4)8(12)7-10(2)3/h9H,5-7H2,1-4H3. The highest BCUT2D eigenvalue weighted by Gasteiger charge is 2.07. The Kier molecular flexibility index (Phi) is 5.66. The largest absolute Gasteiger partial charge is 0.343 e. The van der Waals surface area contributed by atoms with E-state index in [1.807, 2.05) is 33.1 Å². The summed E-state index contributed by atoms with van der Waals surface area (Å²) >= 11 is 0. The van der Waals surface area contributed by atoms with Gasteiger partial charge in [-0.05, 0) is 21.1 Å². The number of nitrogens with one attached hydrogen (secondary N) is 1. The molecule has 0 bridgehead atoms. The van der Waals surface area contributed by atoms with Crippen molar-refractivity contribution in [3.63, 3.8) is 0 Å². The van der Waals surface area contributed by atoms with E-state index in [9.17, 15) is 4.79 Å². The van der Waals surface area contributed by atoms with Gasteiger partial charge in [0.25, 0.3) is 0 Å². The maximum atomic E-state index is 11.3. The van der Waals surface area contributed by atoms with E-state index in [2.05, 4.69) is 5.32 Å². The van der Waals surface area contributed by atoms with Gasteiger partial charge in [0.1, 0.15) is 0 Å². The average Bonchev–Trinajstić information content (AvgIpc) is 1.98. The quantitative estimate of drug-likeness (QED) is 0.593. The molecule has 1 N–H and O–H groups in total. The summed E-state index contributed by atoms with van der Waals surface area (Å²) in [5.74, 6) is 0.162. The van der Waals surface area contributed by atoms with Crippen molar-refractivity contribution in [3.8, 4) is 0 Å². The molecule has 0 aliphatic rings. The predicted molar refractivity (Wildman–Crippen MR) is 50.1 cm³/mol. The number of carbonyl (C=O) groups is 1. The SMILES string of the molecule is CNCCN(C)C(=O)CN(C)C. The van der Waals surface area contributed by atoms with Crippen LogP contribution in [0.15, 0.2) is 0 Å². The molecule has 0 aromatic carbocycles. The first-order valence-electron chi connectivity index (χ1n) is 4.11. The van der Waals surface area contributed by atoms with Gasteiger partial charge < -0.3 is 15.1 Å². The topological polar surface area (TPSA) is 35.6 Å². The number of hydrogen-bond acceptors (Lipinski definition) is 3. The number of nitrogens with zero attached hydrogens (tertiary/aromatic N) is 2. The minimum atomic E-state index is 0.162. The van der Waals surface area contributed by atoms with Gasteiger partial charge in [-0.25, -0.2) is 0 Å². The van der Waals surface area contributed by atoms with E-state index in [0.717, 1.165) is 13.1 Å². The molecule has 4 nitrogen and oxygen atoms in total. The molecule has 0 rings (SSSR count). The van der Waals surface area contributed by atoms with E-state index in [-0.39, 0.29) is 5.91 Å². The Hall–Kier alpha value is -0.610. The molecule has 4 heteroatoms. The van der Waals surface area contributed by atoms with Gasteiger partial charge in [-0.2, -0.15) is 0 Å². The minimum absolute atomic E-state index is 0.162. The summed E-state index contributed by atoms with van der Waals surface area (Å²) in [6.07, 6.45) is 0. The normalized spacial score (nSPS) is 10.4. The highest BCUT2D eigenvalue weighted by atomic mass is 16.2. The molecule has 0 saturated heterocycles. The fourth-order valence-corrected chi connectivity index (χ4v) is 0.795. The first kappa shape index (κ1) is 11.4. The van der Waals surface area contributed by atoms with E-state index in [0.29, 0.717) is 6.54 Å². The van der Waals surface area contributed by atoms with Crippen molar-refractivity contribution in [2.45, 2.75) is 0 Å². The number of hydrogen-bond donors (Lipinski definition) is 1. The van der Waals surface area contributed by atoms with Crippen LogP contribution in [-0.4, -0.2) is 63.5 Å². The van der Waals surface area contributed by atoms with E-state index in [4.69, 9.17) is 0 Å². The Balaban J connectivity index is 3.61. The highest BCUT2D eigenvalue weighted by Crippen LogP contribution is 1.85. The van der Waals surface area contributed by atoms with Crippen LogP contribution in [0.25, 0.3) is 0 Å². The van der Waals surface area contributed by atoms with Gasteiger partial charge in [0.2, 0.25) is 5.91 Å². The molecule has 0 unspecified atom stereocenters. The minimum Gasteiger partial charge on any atom is -0.343 e. The van der Waals surface area contributed by atoms with Crippen LogP contribution in [0.5, 0.6) is 0 Å². The van der Waals surface area contributed by atoms with Gasteiger partial charge in [-0.3, -0.25) is 4.79 Å². The molecule has 0 aromatic rings. The Morgan fingerprint density at radius 1 is 1.33 bits per heavy atom. The monoisotopic (exact) mass is 173 g/mol. The van der Waals surface area contributed by atoms with Crippen molar-refractivity contribution < 1.29 is 4.79 Å². The van der Waals surface area contributed by atoms with Crippen molar-refractivity contribution in [2.24, 2.45) is 0 Å². The lowest BCUT2D eigenvalue weighted by atomic mass is 10.4. The van der Waals surface area contributed by atoms with Gasteiger partial charge in [-0.1, -0.05) is 0 Å². The number of carbonyl (C=O) groups excluding carboxylic acids is 1. The molecule has 0 radical (unpaired) electrons. The zero-order valence-electron chi connectivity index (χ0n) is 8.42. The van der Waals surface area contributed by atoms with Crippen LogP contribution in [0.4, 0.5) is 0 Å². The first-order valence-corrected chi connectivity index (χ1v) is 4.11. The van der Waals surface area contributed by atoms with Crippen molar-refractivity contribution in [3.05, 3.63) is 0 Å². The number of likely N-dealkylation sites (N-methyl/N-ethyl adjacent to an activating group) is 3. The van der Waals surface area contributed by atoms with Crippen LogP contribution in [0.1, 0.15) is 0 Å². The van der Waals surface area contributed by atoms with E-state index < -0.39 is 0 Å². The molecule has 0 aliphatic heterocycles. The molecule has 72 valence electrons. The van der Waals surface area contributed by atoms with Crippen LogP contribution in [0, 0.1) is 0 Å². The van der Waals surface area contributed by atoms with Crippen LogP contribution < -0.4 is 5.32 Å². The van der Waals surface area contributed by atoms with Gasteiger partial charge in [0.05, 0.1) is 6.54 Å². The molecule has 1 amide bonds. The molecule has 0 aliphatic carbocycles. The third kappa shape index (κ3) is 5.09. The molecular formula is C8H19N3O. The van der Waals surface area contributed by atoms with E-state index >= 15 is 0 Å². The molecule has 0 saturated carbocycles. The summed E-state index contributed by atoms with van der Waals surface area (Å²) in [5, 5.41) is 3.00. The lowest BCUT2D eigenvalue weighted by Crippen LogP contribution is -2.38. The van der Waals surface area contributed by atoms with Gasteiger partial charge in [-0.15, -0.1) is 0 Å². The number of rotatable bonds is 5. The first-order chi connectivity index (χ1) is 5.57. The van der Waals surface area contributed by atoms with Crippen molar-refractivity contribution in [1.82, 2.24) is 15.1 Å². The van der Waals surface area contributed by atoms with E-state index in [1.54, 1.807) is 4.90 Å². The smallest absolute Gasteiger partial charge is 0.236 e. The van der Waals surface area contributed by atoms with Crippen molar-refractivity contribution >= 4 is 5.91 Å². The molecule has 0 aromatic heterocycles. The van der Waals surface area contributed by atoms with Crippen molar-refractivity contribution in [2.75, 3.05) is 47.8 Å². The van der Waals surface area contributed by atoms with Crippen LogP contribution in [-0.2, 0) is 4.79 Å². The maximum Gasteiger partial charge on any atom is 0.236 e. The summed E-state index contributed by atoms with van der Waals surface area (Å²) in [7, 11) is 7.49. The molecular weight excluding hydrogens is 154 g/mol. The summed E-state index contributed by atoms with van der Waals surface area (Å²) in [6, 6.07) is 0. The summed E-state index contributed by atoms with van der Waals surface area (Å²) in [6.45, 7) is 2.10. The summed E-state index contributed by atoms with van der Waals surface area (Å²) in [4.78, 5) is 14.9. The predicted octanol–water partition coefficient (Wildman–Crippen LogP) is -0.774. The second-order valence-electron chi connectivity index (χ2n) is 3.16. The lowest BCUT2D eigenvalue weighted by molar-refractivity contribution is -0.130. The Bertz CT molecular complexity index is 136. The second-order valence-corrected chi connectivity index (χ2v) is 3.16. The highest BCUT2D eigenvalue weighted by molar-refractivity contribution is 5.77. The van der Waals surface area contributed by atoms with Gasteiger partial charge >= 0.3 is 0 Å². The van der Waals surface area contributed by atoms with Gasteiger partial charge in [0.15, 0.2) is 0 Å². The Morgan fingerprint density at radius 2 is 1.92 bits per heavy atom. The third-order valence-corrected chi connectivity index (χ3v) is 1.57. The van der Waals surface area contributed by atoms with Crippen molar-refractivity contribution in [1.29, 1.82) is 0 Å². The zero-order chi connectivity index (χ0) is 9.56. The number of amides is 1. The molecule has 0 heterocycles. The zero-order valence-corrected chi connectivity index (χ0v) is 8.42. The molecule has 12 heavy (non-hydrogen) atoms. The third-order valence-electron chi connectivity index (χ3n) is 1.57.